The van der Waals surface area contributed by atoms with Gasteiger partial charge in [0.2, 0.25) is 0 Å². The summed E-state index contributed by atoms with van der Waals surface area (Å²) in [6.07, 6.45) is 3.80. The normalized spacial score (nSPS) is 28.6. The van der Waals surface area contributed by atoms with Gasteiger partial charge in [-0.15, -0.1) is 0 Å². The maximum absolute atomic E-state index is 10.8. The van der Waals surface area contributed by atoms with E-state index in [2.05, 4.69) is 5.32 Å². The molecular weight excluding hydrogens is 268 g/mol. The highest BCUT2D eigenvalue weighted by Gasteiger charge is 2.41. The number of fused-ring (bicyclic) bond motifs is 2. The van der Waals surface area contributed by atoms with Crippen molar-refractivity contribution in [1.82, 2.24) is 0 Å². The minimum absolute atomic E-state index is 0.0252. The predicted octanol–water partition coefficient (Wildman–Crippen LogP) is 3.29. The van der Waals surface area contributed by atoms with E-state index in [1.807, 2.05) is 6.92 Å². The maximum atomic E-state index is 10.8. The fourth-order valence-electron chi connectivity index (χ4n) is 2.99. The van der Waals surface area contributed by atoms with Crippen molar-refractivity contribution in [3.63, 3.8) is 0 Å². The summed E-state index contributed by atoms with van der Waals surface area (Å²) in [7, 11) is 0. The van der Waals surface area contributed by atoms with Gasteiger partial charge in [0, 0.05) is 12.1 Å². The van der Waals surface area contributed by atoms with Gasteiger partial charge in [0.25, 0.3) is 5.69 Å². The van der Waals surface area contributed by atoms with Gasteiger partial charge in [-0.25, -0.2) is 0 Å². The van der Waals surface area contributed by atoms with Crippen LogP contribution in [0.2, 0.25) is 5.02 Å². The number of halogens is 1. The molecule has 19 heavy (non-hydrogen) atoms. The highest BCUT2D eigenvalue weighted by Crippen LogP contribution is 2.38. The minimum atomic E-state index is -0.427. The van der Waals surface area contributed by atoms with Gasteiger partial charge in [0.05, 0.1) is 33.9 Å². The number of non-ortho nitro benzene ring substituents is 1. The van der Waals surface area contributed by atoms with Crippen LogP contribution in [-0.4, -0.2) is 23.2 Å². The summed E-state index contributed by atoms with van der Waals surface area (Å²) in [5, 5.41) is 14.6. The highest BCUT2D eigenvalue weighted by molar-refractivity contribution is 6.33. The Balaban J connectivity index is 1.83. The van der Waals surface area contributed by atoms with E-state index >= 15 is 0 Å². The molecule has 3 atom stereocenters. The fourth-order valence-corrected chi connectivity index (χ4v) is 3.30. The Morgan fingerprint density at radius 2 is 2.26 bits per heavy atom. The molecule has 2 bridgehead atoms. The number of hydrogen-bond acceptors (Lipinski definition) is 4. The molecule has 3 unspecified atom stereocenters. The zero-order valence-electron chi connectivity index (χ0n) is 10.6. The van der Waals surface area contributed by atoms with Crippen LogP contribution < -0.4 is 5.32 Å². The summed E-state index contributed by atoms with van der Waals surface area (Å²) in [6.45, 7) is 1.83. The number of nitrogens with zero attached hydrogens (tertiary/aromatic N) is 1. The molecule has 2 fully saturated rings. The quantitative estimate of drug-likeness (QED) is 0.682. The van der Waals surface area contributed by atoms with Crippen LogP contribution in [0.15, 0.2) is 12.1 Å². The standard InChI is InChI=1S/C13H15ClN2O3/c1-7-4-8(16(17)18)5-10(14)13(7)15-11-6-9-2-3-12(11)19-9/h4-5,9,11-12,15H,2-3,6H2,1H3. The average Bonchev–Trinajstić information content (AvgIpc) is 2.95. The van der Waals surface area contributed by atoms with Crippen molar-refractivity contribution in [2.75, 3.05) is 5.32 Å². The third-order valence-electron chi connectivity index (χ3n) is 3.92. The van der Waals surface area contributed by atoms with Crippen LogP contribution in [0.3, 0.4) is 0 Å². The molecule has 2 heterocycles. The zero-order valence-corrected chi connectivity index (χ0v) is 11.3. The van der Waals surface area contributed by atoms with Crippen LogP contribution in [0.1, 0.15) is 24.8 Å². The molecule has 6 heteroatoms. The Bertz CT molecular complexity index is 512. The molecule has 1 N–H and O–H groups in total. The molecule has 1 aromatic carbocycles. The summed E-state index contributed by atoms with van der Waals surface area (Å²) in [5.41, 5.74) is 1.60. The second kappa shape index (κ2) is 4.65. The van der Waals surface area contributed by atoms with Gasteiger partial charge in [-0.2, -0.15) is 0 Å². The van der Waals surface area contributed by atoms with Crippen molar-refractivity contribution in [3.05, 3.63) is 32.8 Å². The van der Waals surface area contributed by atoms with Gasteiger partial charge in [-0.3, -0.25) is 10.1 Å². The Labute approximate surface area is 116 Å². The number of nitro groups is 1. The molecule has 102 valence electrons. The van der Waals surface area contributed by atoms with E-state index in [9.17, 15) is 10.1 Å². The summed E-state index contributed by atoms with van der Waals surface area (Å²) in [6, 6.07) is 3.20. The van der Waals surface area contributed by atoms with Gasteiger partial charge in [-0.05, 0) is 31.7 Å². The van der Waals surface area contributed by atoms with Crippen LogP contribution in [0.25, 0.3) is 0 Å². The minimum Gasteiger partial charge on any atom is -0.378 e. The molecule has 0 spiro atoms. The number of benzene rings is 1. The lowest BCUT2D eigenvalue weighted by Crippen LogP contribution is -2.30. The van der Waals surface area contributed by atoms with Crippen molar-refractivity contribution in [2.24, 2.45) is 0 Å². The number of rotatable bonds is 3. The van der Waals surface area contributed by atoms with Crippen LogP contribution in [0.4, 0.5) is 11.4 Å². The van der Waals surface area contributed by atoms with Crippen molar-refractivity contribution in [2.45, 2.75) is 44.4 Å². The molecule has 0 amide bonds. The lowest BCUT2D eigenvalue weighted by Gasteiger charge is -2.23. The van der Waals surface area contributed by atoms with Gasteiger partial charge in [0.15, 0.2) is 0 Å². The molecule has 5 nitrogen and oxygen atoms in total. The third kappa shape index (κ3) is 2.28. The Hall–Kier alpha value is -1.33. The maximum Gasteiger partial charge on any atom is 0.271 e. The Morgan fingerprint density at radius 1 is 1.47 bits per heavy atom. The third-order valence-corrected chi connectivity index (χ3v) is 4.22. The number of nitrogens with one attached hydrogen (secondary N) is 1. The van der Waals surface area contributed by atoms with Gasteiger partial charge in [-0.1, -0.05) is 11.6 Å². The lowest BCUT2D eigenvalue weighted by molar-refractivity contribution is -0.384. The van der Waals surface area contributed by atoms with Crippen LogP contribution in [0, 0.1) is 17.0 Å². The molecule has 0 radical (unpaired) electrons. The number of ether oxygens (including phenoxy) is 1. The molecular formula is C13H15ClN2O3. The summed E-state index contributed by atoms with van der Waals surface area (Å²) in [5.74, 6) is 0. The lowest BCUT2D eigenvalue weighted by atomic mass is 9.95. The van der Waals surface area contributed by atoms with Crippen LogP contribution >= 0.6 is 11.6 Å². The molecule has 2 aliphatic heterocycles. The largest absolute Gasteiger partial charge is 0.378 e. The number of anilines is 1. The first-order valence-corrected chi connectivity index (χ1v) is 6.79. The molecule has 0 aliphatic carbocycles. The predicted molar refractivity (Wildman–Crippen MR) is 72.8 cm³/mol. The van der Waals surface area contributed by atoms with E-state index in [0.717, 1.165) is 30.5 Å². The Morgan fingerprint density at radius 3 is 2.79 bits per heavy atom. The molecule has 1 aromatic rings. The zero-order chi connectivity index (χ0) is 13.6. The first kappa shape index (κ1) is 12.7. The number of aryl methyl sites for hydroxylation is 1. The van der Waals surface area contributed by atoms with Crippen LogP contribution in [-0.2, 0) is 4.74 Å². The van der Waals surface area contributed by atoms with E-state index in [1.54, 1.807) is 6.07 Å². The molecule has 2 aliphatic rings. The highest BCUT2D eigenvalue weighted by atomic mass is 35.5. The first-order valence-electron chi connectivity index (χ1n) is 6.41. The second-order valence-electron chi connectivity index (χ2n) is 5.24. The SMILES string of the molecule is Cc1cc([N+](=O)[O-])cc(Cl)c1NC1CC2CCC1O2. The van der Waals surface area contributed by atoms with Crippen molar-refractivity contribution >= 4 is 23.0 Å². The molecule has 0 aromatic heterocycles. The summed E-state index contributed by atoms with van der Waals surface area (Å²) < 4.78 is 5.78. The summed E-state index contributed by atoms with van der Waals surface area (Å²) >= 11 is 6.15. The van der Waals surface area contributed by atoms with E-state index in [0.29, 0.717) is 11.1 Å². The van der Waals surface area contributed by atoms with Crippen molar-refractivity contribution in [1.29, 1.82) is 0 Å². The van der Waals surface area contributed by atoms with Gasteiger partial charge in [0.1, 0.15) is 0 Å². The van der Waals surface area contributed by atoms with Gasteiger partial charge >= 0.3 is 0 Å². The van der Waals surface area contributed by atoms with E-state index in [4.69, 9.17) is 16.3 Å². The molecule has 0 saturated carbocycles. The van der Waals surface area contributed by atoms with E-state index in [1.165, 1.54) is 6.07 Å². The Kier molecular flexibility index (Phi) is 3.11. The second-order valence-corrected chi connectivity index (χ2v) is 5.64. The van der Waals surface area contributed by atoms with E-state index < -0.39 is 4.92 Å². The van der Waals surface area contributed by atoms with Crippen LogP contribution in [0.5, 0.6) is 0 Å². The monoisotopic (exact) mass is 282 g/mol. The van der Waals surface area contributed by atoms with Crippen molar-refractivity contribution in [3.8, 4) is 0 Å². The summed E-state index contributed by atoms with van der Waals surface area (Å²) in [4.78, 5) is 10.3. The average molecular weight is 283 g/mol. The molecule has 2 saturated heterocycles. The topological polar surface area (TPSA) is 64.4 Å². The first-order chi connectivity index (χ1) is 9.04. The van der Waals surface area contributed by atoms with Crippen molar-refractivity contribution < 1.29 is 9.66 Å². The number of nitro benzene ring substituents is 1. The molecule has 3 rings (SSSR count). The van der Waals surface area contributed by atoms with E-state index in [-0.39, 0.29) is 17.8 Å². The fraction of sp³-hybridized carbons (Fsp3) is 0.538. The number of hydrogen-bond donors (Lipinski definition) is 1. The smallest absolute Gasteiger partial charge is 0.271 e. The van der Waals surface area contributed by atoms with Gasteiger partial charge < -0.3 is 10.1 Å².